The summed E-state index contributed by atoms with van der Waals surface area (Å²) in [4.78, 5) is 12.2. The van der Waals surface area contributed by atoms with E-state index in [-0.39, 0.29) is 0 Å². The molecule has 1 aliphatic carbocycles. The molecule has 1 saturated carbocycles. The molecule has 1 nitrogen and oxygen atoms in total. The van der Waals surface area contributed by atoms with Crippen LogP contribution in [0, 0.1) is 19.8 Å². The molecule has 0 saturated heterocycles. The zero-order valence-corrected chi connectivity index (χ0v) is 12.4. The van der Waals surface area contributed by atoms with E-state index in [1.807, 2.05) is 0 Å². The van der Waals surface area contributed by atoms with Gasteiger partial charge in [0.2, 0.25) is 0 Å². The number of benzene rings is 1. The minimum absolute atomic E-state index is 0.428. The SMILES string of the molecule is Cc1cc(C)cc(CC(=O)CC2CCCCCC2)c1. The van der Waals surface area contributed by atoms with E-state index in [1.54, 1.807) is 0 Å². The summed E-state index contributed by atoms with van der Waals surface area (Å²) in [6.45, 7) is 4.21. The first kappa shape index (κ1) is 14.3. The maximum atomic E-state index is 12.2. The Morgan fingerprint density at radius 3 is 2.16 bits per heavy atom. The fourth-order valence-corrected chi connectivity index (χ4v) is 3.36. The van der Waals surface area contributed by atoms with Crippen molar-refractivity contribution in [3.05, 3.63) is 34.9 Å². The molecule has 1 fully saturated rings. The van der Waals surface area contributed by atoms with Crippen LogP contribution in [0.25, 0.3) is 0 Å². The Balaban J connectivity index is 1.89. The number of hydrogen-bond donors (Lipinski definition) is 0. The highest BCUT2D eigenvalue weighted by Gasteiger charge is 2.16. The lowest BCUT2D eigenvalue weighted by Crippen LogP contribution is -2.10. The number of Topliss-reactive ketones (excluding diaryl/α,β-unsaturated/α-hetero) is 1. The van der Waals surface area contributed by atoms with Gasteiger partial charge in [-0.1, -0.05) is 67.9 Å². The Hall–Kier alpha value is -1.11. The predicted molar refractivity (Wildman–Crippen MR) is 80.4 cm³/mol. The zero-order chi connectivity index (χ0) is 13.7. The molecular formula is C18H26O. The normalized spacial score (nSPS) is 17.2. The van der Waals surface area contributed by atoms with Crippen LogP contribution in [0.15, 0.2) is 18.2 Å². The van der Waals surface area contributed by atoms with E-state index in [4.69, 9.17) is 0 Å². The second kappa shape index (κ2) is 6.88. The van der Waals surface area contributed by atoms with Gasteiger partial charge in [0.15, 0.2) is 0 Å². The Morgan fingerprint density at radius 1 is 1.00 bits per heavy atom. The van der Waals surface area contributed by atoms with Crippen LogP contribution in [-0.4, -0.2) is 5.78 Å². The Labute approximate surface area is 117 Å². The average molecular weight is 258 g/mol. The molecule has 1 aromatic rings. The van der Waals surface area contributed by atoms with E-state index in [0.717, 1.165) is 6.42 Å². The van der Waals surface area contributed by atoms with E-state index in [1.165, 1.54) is 55.2 Å². The molecule has 1 aliphatic rings. The third kappa shape index (κ3) is 4.81. The Kier molecular flexibility index (Phi) is 5.18. The minimum atomic E-state index is 0.428. The molecule has 0 atom stereocenters. The van der Waals surface area contributed by atoms with E-state index >= 15 is 0 Å². The third-order valence-electron chi connectivity index (χ3n) is 4.17. The lowest BCUT2D eigenvalue weighted by molar-refractivity contribution is -0.119. The monoisotopic (exact) mass is 258 g/mol. The summed E-state index contributed by atoms with van der Waals surface area (Å²) in [6, 6.07) is 6.47. The third-order valence-corrected chi connectivity index (χ3v) is 4.17. The first-order valence-electron chi connectivity index (χ1n) is 7.72. The second-order valence-corrected chi connectivity index (χ2v) is 6.27. The van der Waals surface area contributed by atoms with Crippen molar-refractivity contribution in [1.29, 1.82) is 0 Å². The summed E-state index contributed by atoms with van der Waals surface area (Å²) in [5.41, 5.74) is 3.71. The molecule has 2 rings (SSSR count). The van der Waals surface area contributed by atoms with Crippen LogP contribution in [0.4, 0.5) is 0 Å². The largest absolute Gasteiger partial charge is 0.299 e. The van der Waals surface area contributed by atoms with Gasteiger partial charge in [0.05, 0.1) is 0 Å². The van der Waals surface area contributed by atoms with Crippen LogP contribution >= 0.6 is 0 Å². The first-order chi connectivity index (χ1) is 9.13. The molecule has 0 aromatic heterocycles. The van der Waals surface area contributed by atoms with Crippen molar-refractivity contribution in [2.24, 2.45) is 5.92 Å². The number of hydrogen-bond acceptors (Lipinski definition) is 1. The fraction of sp³-hybridized carbons (Fsp3) is 0.611. The molecule has 0 unspecified atom stereocenters. The van der Waals surface area contributed by atoms with Crippen LogP contribution in [0.5, 0.6) is 0 Å². The highest BCUT2D eigenvalue weighted by atomic mass is 16.1. The van der Waals surface area contributed by atoms with Crippen LogP contribution in [-0.2, 0) is 11.2 Å². The van der Waals surface area contributed by atoms with Gasteiger partial charge in [-0.3, -0.25) is 4.79 Å². The molecule has 1 heteroatoms. The average Bonchev–Trinajstić information content (AvgIpc) is 2.55. The number of carbonyl (C=O) groups is 1. The first-order valence-corrected chi connectivity index (χ1v) is 7.72. The van der Waals surface area contributed by atoms with Gasteiger partial charge >= 0.3 is 0 Å². The zero-order valence-electron chi connectivity index (χ0n) is 12.4. The van der Waals surface area contributed by atoms with Crippen molar-refractivity contribution < 1.29 is 4.79 Å². The van der Waals surface area contributed by atoms with E-state index in [9.17, 15) is 4.79 Å². The topological polar surface area (TPSA) is 17.1 Å². The lowest BCUT2D eigenvalue weighted by Gasteiger charge is -2.13. The minimum Gasteiger partial charge on any atom is -0.299 e. The van der Waals surface area contributed by atoms with Crippen molar-refractivity contribution in [2.75, 3.05) is 0 Å². The summed E-state index contributed by atoms with van der Waals surface area (Å²) >= 11 is 0. The van der Waals surface area contributed by atoms with Crippen molar-refractivity contribution in [3.63, 3.8) is 0 Å². The summed E-state index contributed by atoms with van der Waals surface area (Å²) < 4.78 is 0. The maximum absolute atomic E-state index is 12.2. The summed E-state index contributed by atoms with van der Waals surface area (Å²) in [7, 11) is 0. The molecule has 0 radical (unpaired) electrons. The van der Waals surface area contributed by atoms with Gasteiger partial charge in [-0.05, 0) is 25.3 Å². The van der Waals surface area contributed by atoms with Gasteiger partial charge in [-0.2, -0.15) is 0 Å². The van der Waals surface area contributed by atoms with Crippen LogP contribution in [0.3, 0.4) is 0 Å². The molecular weight excluding hydrogens is 232 g/mol. The van der Waals surface area contributed by atoms with Gasteiger partial charge in [0.25, 0.3) is 0 Å². The van der Waals surface area contributed by atoms with Gasteiger partial charge in [-0.25, -0.2) is 0 Å². The molecule has 104 valence electrons. The molecule has 0 aliphatic heterocycles. The number of rotatable bonds is 4. The molecule has 1 aromatic carbocycles. The summed E-state index contributed by atoms with van der Waals surface area (Å²) in [5, 5.41) is 0. The summed E-state index contributed by atoms with van der Waals surface area (Å²) in [6.07, 6.45) is 9.32. The van der Waals surface area contributed by atoms with Crippen LogP contribution in [0.1, 0.15) is 61.6 Å². The quantitative estimate of drug-likeness (QED) is 0.711. The maximum Gasteiger partial charge on any atom is 0.137 e. The van der Waals surface area contributed by atoms with Crippen LogP contribution in [0.2, 0.25) is 0 Å². The number of carbonyl (C=O) groups excluding carboxylic acids is 1. The number of aryl methyl sites for hydroxylation is 2. The van der Waals surface area contributed by atoms with Crippen molar-refractivity contribution in [3.8, 4) is 0 Å². The Morgan fingerprint density at radius 2 is 1.58 bits per heavy atom. The molecule has 0 bridgehead atoms. The van der Waals surface area contributed by atoms with Gasteiger partial charge < -0.3 is 0 Å². The fourth-order valence-electron chi connectivity index (χ4n) is 3.36. The van der Waals surface area contributed by atoms with Gasteiger partial charge in [-0.15, -0.1) is 0 Å². The van der Waals surface area contributed by atoms with Crippen LogP contribution < -0.4 is 0 Å². The van der Waals surface area contributed by atoms with Gasteiger partial charge in [0, 0.05) is 12.8 Å². The molecule has 0 heterocycles. The molecule has 0 spiro atoms. The summed E-state index contributed by atoms with van der Waals surface area (Å²) in [5.74, 6) is 1.08. The Bertz CT molecular complexity index is 405. The molecule has 0 N–H and O–H groups in total. The molecule has 0 amide bonds. The smallest absolute Gasteiger partial charge is 0.137 e. The van der Waals surface area contributed by atoms with Crippen molar-refractivity contribution in [2.45, 2.75) is 65.2 Å². The van der Waals surface area contributed by atoms with Gasteiger partial charge in [0.1, 0.15) is 5.78 Å². The standard InChI is InChI=1S/C18H26O/c1-14-9-15(2)11-17(10-14)13-18(19)12-16-7-5-3-4-6-8-16/h9-11,16H,3-8,12-13H2,1-2H3. The van der Waals surface area contributed by atoms with Crippen molar-refractivity contribution >= 4 is 5.78 Å². The second-order valence-electron chi connectivity index (χ2n) is 6.27. The number of ketones is 1. The predicted octanol–water partition coefficient (Wildman–Crippen LogP) is 4.78. The lowest BCUT2D eigenvalue weighted by atomic mass is 9.92. The van der Waals surface area contributed by atoms with E-state index < -0.39 is 0 Å². The van der Waals surface area contributed by atoms with Crippen molar-refractivity contribution in [1.82, 2.24) is 0 Å². The van der Waals surface area contributed by atoms with E-state index in [2.05, 4.69) is 32.0 Å². The molecule has 19 heavy (non-hydrogen) atoms. The highest BCUT2D eigenvalue weighted by molar-refractivity contribution is 5.81. The highest BCUT2D eigenvalue weighted by Crippen LogP contribution is 2.26. The van der Waals surface area contributed by atoms with E-state index in [0.29, 0.717) is 18.1 Å².